The fourth-order valence-electron chi connectivity index (χ4n) is 3.11. The van der Waals surface area contributed by atoms with E-state index in [9.17, 15) is 4.79 Å². The lowest BCUT2D eigenvalue weighted by atomic mass is 10.0. The van der Waals surface area contributed by atoms with Crippen molar-refractivity contribution in [2.24, 2.45) is 0 Å². The van der Waals surface area contributed by atoms with Crippen LogP contribution in [0, 0.1) is 6.92 Å². The van der Waals surface area contributed by atoms with Crippen molar-refractivity contribution in [1.29, 1.82) is 0 Å². The number of ether oxygens (including phenoxy) is 1. The van der Waals surface area contributed by atoms with Gasteiger partial charge in [0.05, 0.1) is 12.8 Å². The fraction of sp³-hybridized carbons (Fsp3) is 0.350. The molecule has 2 amide bonds. The van der Waals surface area contributed by atoms with Crippen molar-refractivity contribution < 1.29 is 9.53 Å². The molecule has 1 saturated heterocycles. The Morgan fingerprint density at radius 1 is 1.16 bits per heavy atom. The second kappa shape index (κ2) is 8.30. The summed E-state index contributed by atoms with van der Waals surface area (Å²) in [6.07, 6.45) is 0.967. The number of methoxy groups -OCH3 is 1. The van der Waals surface area contributed by atoms with Gasteiger partial charge in [0.2, 0.25) is 0 Å². The lowest BCUT2D eigenvalue weighted by molar-refractivity contribution is 0.215. The van der Waals surface area contributed by atoms with Gasteiger partial charge in [0.1, 0.15) is 5.75 Å². The van der Waals surface area contributed by atoms with Gasteiger partial charge < -0.3 is 15.0 Å². The highest BCUT2D eigenvalue weighted by Gasteiger charge is 2.23. The van der Waals surface area contributed by atoms with Crippen LogP contribution in [0.3, 0.4) is 0 Å². The molecular formula is C20H24N2O2S. The molecule has 1 unspecified atom stereocenters. The van der Waals surface area contributed by atoms with Gasteiger partial charge in [0.25, 0.3) is 0 Å². The molecule has 0 saturated carbocycles. The first-order chi connectivity index (χ1) is 12.2. The van der Waals surface area contributed by atoms with Gasteiger partial charge in [0, 0.05) is 24.1 Å². The van der Waals surface area contributed by atoms with Crippen LogP contribution in [0.4, 0.5) is 10.5 Å². The van der Waals surface area contributed by atoms with Crippen LogP contribution in [0.1, 0.15) is 22.8 Å². The predicted octanol–water partition coefficient (Wildman–Crippen LogP) is 4.72. The van der Waals surface area contributed by atoms with Gasteiger partial charge in [-0.2, -0.15) is 11.8 Å². The van der Waals surface area contributed by atoms with Crippen molar-refractivity contribution in [1.82, 2.24) is 4.90 Å². The lowest BCUT2D eigenvalue weighted by Gasteiger charge is -2.21. The monoisotopic (exact) mass is 356 g/mol. The Bertz CT molecular complexity index is 735. The summed E-state index contributed by atoms with van der Waals surface area (Å²) in [4.78, 5) is 14.5. The number of para-hydroxylation sites is 2. The van der Waals surface area contributed by atoms with E-state index in [4.69, 9.17) is 4.74 Å². The van der Waals surface area contributed by atoms with Gasteiger partial charge >= 0.3 is 6.03 Å². The molecule has 1 aliphatic rings. The van der Waals surface area contributed by atoms with E-state index < -0.39 is 0 Å². The Labute approximate surface area is 153 Å². The van der Waals surface area contributed by atoms with Crippen molar-refractivity contribution >= 4 is 23.5 Å². The summed E-state index contributed by atoms with van der Waals surface area (Å²) in [6.45, 7) is 3.67. The molecule has 4 nitrogen and oxygen atoms in total. The highest BCUT2D eigenvalue weighted by Crippen LogP contribution is 2.36. The summed E-state index contributed by atoms with van der Waals surface area (Å²) in [5.74, 6) is 1.62. The van der Waals surface area contributed by atoms with E-state index in [1.807, 2.05) is 40.9 Å². The first kappa shape index (κ1) is 17.7. The maximum atomic E-state index is 12.6. The summed E-state index contributed by atoms with van der Waals surface area (Å²) in [5.41, 5.74) is 3.42. The van der Waals surface area contributed by atoms with Crippen LogP contribution in [-0.2, 0) is 0 Å². The standard InChI is InChI=1S/C20H24N2O2S/c1-15-7-3-4-8-16(15)19-11-12-22(13-14-25-19)20(23)21-17-9-5-6-10-18(17)24-2/h3-10,19H,11-14H2,1-2H3,(H,21,23). The lowest BCUT2D eigenvalue weighted by Crippen LogP contribution is -2.36. The average molecular weight is 356 g/mol. The van der Waals surface area contributed by atoms with E-state index in [-0.39, 0.29) is 6.03 Å². The highest BCUT2D eigenvalue weighted by molar-refractivity contribution is 7.99. The highest BCUT2D eigenvalue weighted by atomic mass is 32.2. The molecule has 1 atom stereocenters. The summed E-state index contributed by atoms with van der Waals surface area (Å²) in [6, 6.07) is 16.0. The third-order valence-electron chi connectivity index (χ3n) is 4.51. The first-order valence-electron chi connectivity index (χ1n) is 8.55. The zero-order valence-corrected chi connectivity index (χ0v) is 15.5. The number of carbonyl (C=O) groups is 1. The van der Waals surface area contributed by atoms with Gasteiger partial charge in [-0.15, -0.1) is 0 Å². The Morgan fingerprint density at radius 2 is 1.92 bits per heavy atom. The molecule has 0 radical (unpaired) electrons. The molecule has 0 bridgehead atoms. The third-order valence-corrected chi connectivity index (χ3v) is 5.82. The number of anilines is 1. The van der Waals surface area contributed by atoms with Crippen LogP contribution < -0.4 is 10.1 Å². The number of carbonyl (C=O) groups excluding carboxylic acids is 1. The van der Waals surface area contributed by atoms with E-state index in [1.165, 1.54) is 11.1 Å². The molecule has 0 aliphatic carbocycles. The Morgan fingerprint density at radius 3 is 2.72 bits per heavy atom. The smallest absolute Gasteiger partial charge is 0.321 e. The van der Waals surface area contributed by atoms with Crippen LogP contribution in [0.25, 0.3) is 0 Å². The van der Waals surface area contributed by atoms with Gasteiger partial charge in [-0.3, -0.25) is 0 Å². The zero-order chi connectivity index (χ0) is 17.6. The minimum Gasteiger partial charge on any atom is -0.495 e. The van der Waals surface area contributed by atoms with E-state index in [2.05, 4.69) is 36.5 Å². The Hall–Kier alpha value is -2.14. The summed E-state index contributed by atoms with van der Waals surface area (Å²) in [7, 11) is 1.61. The maximum Gasteiger partial charge on any atom is 0.321 e. The molecule has 2 aromatic carbocycles. The zero-order valence-electron chi connectivity index (χ0n) is 14.7. The van der Waals surface area contributed by atoms with Gasteiger partial charge in [-0.05, 0) is 36.6 Å². The van der Waals surface area contributed by atoms with E-state index in [0.29, 0.717) is 16.7 Å². The van der Waals surface area contributed by atoms with Crippen molar-refractivity contribution in [3.63, 3.8) is 0 Å². The van der Waals surface area contributed by atoms with Crippen molar-refractivity contribution in [3.05, 3.63) is 59.7 Å². The topological polar surface area (TPSA) is 41.6 Å². The largest absolute Gasteiger partial charge is 0.495 e. The third kappa shape index (κ3) is 4.28. The molecule has 1 fully saturated rings. The second-order valence-electron chi connectivity index (χ2n) is 6.12. The molecule has 132 valence electrons. The van der Waals surface area contributed by atoms with Crippen LogP contribution >= 0.6 is 11.8 Å². The molecule has 1 heterocycles. The predicted molar refractivity (Wildman–Crippen MR) is 105 cm³/mol. The molecule has 5 heteroatoms. The Kier molecular flexibility index (Phi) is 5.87. The molecule has 25 heavy (non-hydrogen) atoms. The van der Waals surface area contributed by atoms with Crippen LogP contribution in [0.5, 0.6) is 5.75 Å². The number of hydrogen-bond acceptors (Lipinski definition) is 3. The van der Waals surface area contributed by atoms with Gasteiger partial charge in [-0.1, -0.05) is 36.4 Å². The minimum absolute atomic E-state index is 0.0597. The fourth-order valence-corrected chi connectivity index (χ4v) is 4.44. The number of urea groups is 1. The van der Waals surface area contributed by atoms with Crippen molar-refractivity contribution in [3.8, 4) is 5.75 Å². The molecule has 1 aliphatic heterocycles. The van der Waals surface area contributed by atoms with E-state index >= 15 is 0 Å². The number of aryl methyl sites for hydroxylation is 1. The minimum atomic E-state index is -0.0597. The average Bonchev–Trinajstić information content (AvgIpc) is 2.89. The SMILES string of the molecule is COc1ccccc1NC(=O)N1CCSC(c2ccccc2C)CC1. The van der Waals surface area contributed by atoms with Crippen LogP contribution in [0.15, 0.2) is 48.5 Å². The molecular weight excluding hydrogens is 332 g/mol. The van der Waals surface area contributed by atoms with Gasteiger partial charge in [-0.25, -0.2) is 4.79 Å². The Balaban J connectivity index is 1.65. The van der Waals surface area contributed by atoms with Gasteiger partial charge in [0.15, 0.2) is 0 Å². The number of hydrogen-bond donors (Lipinski definition) is 1. The van der Waals surface area contributed by atoms with Crippen LogP contribution in [-0.4, -0.2) is 36.9 Å². The summed E-state index contributed by atoms with van der Waals surface area (Å²) >= 11 is 1.94. The van der Waals surface area contributed by atoms with E-state index in [1.54, 1.807) is 7.11 Å². The number of nitrogens with one attached hydrogen (secondary N) is 1. The van der Waals surface area contributed by atoms with E-state index in [0.717, 1.165) is 25.3 Å². The number of benzene rings is 2. The maximum absolute atomic E-state index is 12.6. The molecule has 1 N–H and O–H groups in total. The second-order valence-corrected chi connectivity index (χ2v) is 7.43. The quantitative estimate of drug-likeness (QED) is 0.865. The number of thioether (sulfide) groups is 1. The number of nitrogens with zero attached hydrogens (tertiary/aromatic N) is 1. The van der Waals surface area contributed by atoms with Crippen molar-refractivity contribution in [2.75, 3.05) is 31.3 Å². The van der Waals surface area contributed by atoms with Crippen LogP contribution in [0.2, 0.25) is 0 Å². The molecule has 0 aromatic heterocycles. The number of rotatable bonds is 3. The first-order valence-corrected chi connectivity index (χ1v) is 9.60. The summed E-state index contributed by atoms with van der Waals surface area (Å²) < 4.78 is 5.31. The molecule has 0 spiro atoms. The van der Waals surface area contributed by atoms with Crippen molar-refractivity contribution in [2.45, 2.75) is 18.6 Å². The normalized spacial score (nSPS) is 17.7. The number of amides is 2. The molecule has 3 rings (SSSR count). The molecule has 2 aromatic rings. The summed E-state index contributed by atoms with van der Waals surface area (Å²) in [5, 5.41) is 3.43.